The van der Waals surface area contributed by atoms with Crippen LogP contribution in [-0.4, -0.2) is 43.4 Å². The van der Waals surface area contributed by atoms with Gasteiger partial charge in [-0.15, -0.1) is 11.3 Å². The van der Waals surface area contributed by atoms with Gasteiger partial charge in [0, 0.05) is 6.92 Å². The van der Waals surface area contributed by atoms with E-state index in [1.54, 1.807) is 22.9 Å². The number of ether oxygens (including phenoxy) is 2. The van der Waals surface area contributed by atoms with Gasteiger partial charge in [-0.05, 0) is 80.3 Å². The molecule has 204 valence electrons. The molecule has 2 aromatic heterocycles. The standard InChI is InChI=1S/C29H30FN3O5S/c1-17(30)38-25-5-3-2-4-23(25)33-24(21(15-31-33)18-6-7-18)16-37-20-10-12-29(36,13-11-20)28-32-22-9-8-19(27(34)35)14-26(22)39-28/h2-5,8-9,14-15,17-18,20,36H,6-7,10-13,16H2,1H3,(H,34,35). The Morgan fingerprint density at radius 2 is 1.97 bits per heavy atom. The summed E-state index contributed by atoms with van der Waals surface area (Å²) in [5.74, 6) is -0.0988. The number of aromatic carboxylic acids is 1. The van der Waals surface area contributed by atoms with Crippen LogP contribution in [0.1, 0.15) is 78.0 Å². The summed E-state index contributed by atoms with van der Waals surface area (Å²) in [4.78, 5) is 15.9. The van der Waals surface area contributed by atoms with Gasteiger partial charge in [-0.2, -0.15) is 5.10 Å². The SMILES string of the molecule is CC(F)Oc1ccccc1-n1ncc(C2CC2)c1COC1CCC(O)(c2nc3ccc(C(=O)O)cc3s2)CC1. The number of hydrogen-bond acceptors (Lipinski definition) is 7. The number of thiazole rings is 1. The molecule has 39 heavy (non-hydrogen) atoms. The van der Waals surface area contributed by atoms with E-state index in [2.05, 4.69) is 10.1 Å². The number of carboxylic acid groups (broad SMARTS) is 1. The van der Waals surface area contributed by atoms with Crippen molar-refractivity contribution in [2.75, 3.05) is 0 Å². The van der Waals surface area contributed by atoms with Crippen molar-refractivity contribution in [3.63, 3.8) is 0 Å². The van der Waals surface area contributed by atoms with Crippen molar-refractivity contribution in [2.45, 2.75) is 76.0 Å². The molecule has 0 saturated heterocycles. The largest absolute Gasteiger partial charge is 0.478 e. The third-order valence-electron chi connectivity index (χ3n) is 7.55. The summed E-state index contributed by atoms with van der Waals surface area (Å²) in [5, 5.41) is 26.0. The molecule has 2 N–H and O–H groups in total. The monoisotopic (exact) mass is 551 g/mol. The number of para-hydroxylation sites is 2. The van der Waals surface area contributed by atoms with Crippen molar-refractivity contribution in [3.05, 3.63) is 70.5 Å². The fourth-order valence-electron chi connectivity index (χ4n) is 5.28. The summed E-state index contributed by atoms with van der Waals surface area (Å²) in [6.45, 7) is 1.71. The van der Waals surface area contributed by atoms with Crippen LogP contribution in [0, 0.1) is 0 Å². The summed E-state index contributed by atoms with van der Waals surface area (Å²) < 4.78 is 28.0. The minimum Gasteiger partial charge on any atom is -0.478 e. The van der Waals surface area contributed by atoms with Crippen molar-refractivity contribution < 1.29 is 28.9 Å². The van der Waals surface area contributed by atoms with Gasteiger partial charge < -0.3 is 19.7 Å². The van der Waals surface area contributed by atoms with Gasteiger partial charge >= 0.3 is 5.97 Å². The van der Waals surface area contributed by atoms with Gasteiger partial charge in [0.25, 0.3) is 0 Å². The molecule has 0 spiro atoms. The van der Waals surface area contributed by atoms with Crippen molar-refractivity contribution in [3.8, 4) is 11.4 Å². The molecule has 2 aromatic carbocycles. The molecule has 2 heterocycles. The number of alkyl halides is 1. The fraction of sp³-hybridized carbons (Fsp3) is 0.414. The molecule has 0 aliphatic heterocycles. The van der Waals surface area contributed by atoms with Crippen molar-refractivity contribution in [1.29, 1.82) is 0 Å². The molecule has 4 aromatic rings. The molecular weight excluding hydrogens is 521 g/mol. The van der Waals surface area contributed by atoms with Crippen LogP contribution in [0.15, 0.2) is 48.7 Å². The first-order chi connectivity index (χ1) is 18.8. The van der Waals surface area contributed by atoms with Crippen LogP contribution in [0.25, 0.3) is 15.9 Å². The number of halogens is 1. The number of carbonyl (C=O) groups is 1. The molecule has 2 aliphatic carbocycles. The third kappa shape index (κ3) is 5.28. The number of fused-ring (bicyclic) bond motifs is 1. The maximum Gasteiger partial charge on any atom is 0.335 e. The van der Waals surface area contributed by atoms with Gasteiger partial charge in [-0.25, -0.2) is 18.9 Å². The van der Waals surface area contributed by atoms with Crippen LogP contribution < -0.4 is 4.74 Å². The van der Waals surface area contributed by atoms with E-state index in [4.69, 9.17) is 9.47 Å². The molecule has 10 heteroatoms. The van der Waals surface area contributed by atoms with Crippen molar-refractivity contribution in [2.24, 2.45) is 0 Å². The van der Waals surface area contributed by atoms with Crippen molar-refractivity contribution in [1.82, 2.24) is 14.8 Å². The highest BCUT2D eigenvalue weighted by Crippen LogP contribution is 2.44. The summed E-state index contributed by atoms with van der Waals surface area (Å²) in [6.07, 6.45) is 4.97. The van der Waals surface area contributed by atoms with Crippen LogP contribution in [0.5, 0.6) is 5.75 Å². The molecule has 0 radical (unpaired) electrons. The predicted octanol–water partition coefficient (Wildman–Crippen LogP) is 6.10. The quantitative estimate of drug-likeness (QED) is 0.259. The Labute approximate surface area is 229 Å². The molecule has 1 unspecified atom stereocenters. The summed E-state index contributed by atoms with van der Waals surface area (Å²) in [5.41, 5.74) is 2.61. The number of nitrogens with zero attached hydrogens (tertiary/aromatic N) is 3. The zero-order valence-electron chi connectivity index (χ0n) is 21.5. The highest BCUT2D eigenvalue weighted by Gasteiger charge is 2.38. The minimum atomic E-state index is -1.44. The number of rotatable bonds is 9. The smallest absolute Gasteiger partial charge is 0.335 e. The maximum absolute atomic E-state index is 13.7. The van der Waals surface area contributed by atoms with Crippen LogP contribution in [0.3, 0.4) is 0 Å². The van der Waals surface area contributed by atoms with Gasteiger partial charge in [0.1, 0.15) is 22.0 Å². The molecule has 8 nitrogen and oxygen atoms in total. The highest BCUT2D eigenvalue weighted by molar-refractivity contribution is 7.18. The second-order valence-electron chi connectivity index (χ2n) is 10.4. The first kappa shape index (κ1) is 25.9. The number of benzene rings is 2. The van der Waals surface area contributed by atoms with E-state index in [0.29, 0.717) is 60.2 Å². The van der Waals surface area contributed by atoms with Crippen LogP contribution >= 0.6 is 11.3 Å². The Kier molecular flexibility index (Phi) is 6.86. The van der Waals surface area contributed by atoms with E-state index in [9.17, 15) is 19.4 Å². The van der Waals surface area contributed by atoms with E-state index in [0.717, 1.165) is 28.8 Å². The predicted molar refractivity (Wildman–Crippen MR) is 144 cm³/mol. The molecule has 2 saturated carbocycles. The molecule has 1 atom stereocenters. The van der Waals surface area contributed by atoms with Gasteiger partial charge in [0.2, 0.25) is 6.36 Å². The second kappa shape index (κ2) is 10.3. The lowest BCUT2D eigenvalue weighted by molar-refractivity contribution is -0.0648. The Balaban J connectivity index is 1.16. The molecule has 2 aliphatic rings. The topological polar surface area (TPSA) is 107 Å². The molecule has 2 fully saturated rings. The van der Waals surface area contributed by atoms with Gasteiger partial charge in [0.15, 0.2) is 0 Å². The lowest BCUT2D eigenvalue weighted by atomic mass is 9.83. The average Bonchev–Trinajstić information content (AvgIpc) is 3.52. The van der Waals surface area contributed by atoms with Gasteiger partial charge in [0.05, 0.1) is 40.4 Å². The van der Waals surface area contributed by atoms with Gasteiger partial charge in [-0.1, -0.05) is 12.1 Å². The lowest BCUT2D eigenvalue weighted by Gasteiger charge is -2.34. The Morgan fingerprint density at radius 1 is 1.21 bits per heavy atom. The maximum atomic E-state index is 13.7. The van der Waals surface area contributed by atoms with E-state index in [-0.39, 0.29) is 11.7 Å². The first-order valence-corrected chi connectivity index (χ1v) is 14.1. The van der Waals surface area contributed by atoms with E-state index < -0.39 is 17.9 Å². The summed E-state index contributed by atoms with van der Waals surface area (Å²) >= 11 is 1.35. The minimum absolute atomic E-state index is 0.0361. The Hall–Kier alpha value is -3.34. The third-order valence-corrected chi connectivity index (χ3v) is 8.76. The summed E-state index contributed by atoms with van der Waals surface area (Å²) in [6, 6.07) is 12.1. The lowest BCUT2D eigenvalue weighted by Crippen LogP contribution is -2.34. The van der Waals surface area contributed by atoms with Crippen LogP contribution in [-0.2, 0) is 16.9 Å². The van der Waals surface area contributed by atoms with E-state index >= 15 is 0 Å². The molecular formula is C29H30FN3O5S. The zero-order chi connectivity index (χ0) is 27.1. The van der Waals surface area contributed by atoms with Crippen molar-refractivity contribution >= 4 is 27.5 Å². The molecule has 0 bridgehead atoms. The highest BCUT2D eigenvalue weighted by atomic mass is 32.1. The average molecular weight is 552 g/mol. The fourth-order valence-corrected chi connectivity index (χ4v) is 6.43. The molecule has 0 amide bonds. The number of hydrogen-bond donors (Lipinski definition) is 2. The van der Waals surface area contributed by atoms with E-state index in [1.165, 1.54) is 24.3 Å². The number of carboxylic acids is 1. The second-order valence-corrected chi connectivity index (χ2v) is 11.4. The first-order valence-electron chi connectivity index (χ1n) is 13.3. The Morgan fingerprint density at radius 3 is 2.69 bits per heavy atom. The normalized spacial score (nSPS) is 22.2. The summed E-state index contributed by atoms with van der Waals surface area (Å²) in [7, 11) is 0. The van der Waals surface area contributed by atoms with Crippen LogP contribution in [0.4, 0.5) is 4.39 Å². The Bertz CT molecular complexity index is 1500. The van der Waals surface area contributed by atoms with E-state index in [1.807, 2.05) is 24.4 Å². The molecule has 6 rings (SSSR count). The number of aliphatic hydroxyl groups is 1. The number of aromatic nitrogens is 3. The van der Waals surface area contributed by atoms with Crippen LogP contribution in [0.2, 0.25) is 0 Å². The zero-order valence-corrected chi connectivity index (χ0v) is 22.4. The van der Waals surface area contributed by atoms with Gasteiger partial charge in [-0.3, -0.25) is 0 Å².